The Morgan fingerprint density at radius 1 is 1.14 bits per heavy atom. The molecule has 1 atom stereocenters. The molecule has 3 nitrogen and oxygen atoms in total. The lowest BCUT2D eigenvalue weighted by molar-refractivity contribution is 0.373. The van der Waals surface area contributed by atoms with Gasteiger partial charge in [0.25, 0.3) is 0 Å². The van der Waals surface area contributed by atoms with Crippen molar-refractivity contribution in [1.82, 2.24) is 4.90 Å². The van der Waals surface area contributed by atoms with E-state index in [1.807, 2.05) is 12.1 Å². The Kier molecular flexibility index (Phi) is 7.20. The quantitative estimate of drug-likeness (QED) is 0.840. The smallest absolute Gasteiger partial charge is 0.197 e. The van der Waals surface area contributed by atoms with Crippen LogP contribution in [0.15, 0.2) is 24.3 Å². The number of hydrogen-bond acceptors (Lipinski definition) is 3. The molecular weight excluding hydrogens is 302 g/mol. The molecule has 1 fully saturated rings. The number of nitrogens with zero attached hydrogens (tertiary/aromatic N) is 1. The fraction of sp³-hybridized carbons (Fsp3) is 0.625. The van der Waals surface area contributed by atoms with Gasteiger partial charge in [-0.05, 0) is 43.9 Å². The third kappa shape index (κ3) is 4.71. The standard InChI is InChI=1S/C16H27NO2Si.ClH/c1-17(2)13-16(20(18)11-5-4-6-12-20)14-7-9-15(19-3)10-8-14;/h7-10,16,18H,4-6,11-13H2,1-3H3;1H. The number of methoxy groups -OCH3 is 1. The van der Waals surface area contributed by atoms with Crippen molar-refractivity contribution in [2.24, 2.45) is 0 Å². The van der Waals surface area contributed by atoms with Gasteiger partial charge in [-0.15, -0.1) is 12.4 Å². The predicted octanol–water partition coefficient (Wildman–Crippen LogP) is 3.42. The maximum atomic E-state index is 11.2. The molecule has 0 radical (unpaired) electrons. The van der Waals surface area contributed by atoms with Gasteiger partial charge in [0.15, 0.2) is 8.32 Å². The van der Waals surface area contributed by atoms with Crippen LogP contribution in [0.1, 0.15) is 30.4 Å². The van der Waals surface area contributed by atoms with Gasteiger partial charge in [-0.2, -0.15) is 0 Å². The highest BCUT2D eigenvalue weighted by Crippen LogP contribution is 2.38. The van der Waals surface area contributed by atoms with Crippen molar-refractivity contribution < 1.29 is 9.53 Å². The van der Waals surface area contributed by atoms with Crippen LogP contribution in [-0.2, 0) is 0 Å². The second-order valence-electron chi connectivity index (χ2n) is 6.25. The lowest BCUT2D eigenvalue weighted by atomic mass is 10.1. The highest BCUT2D eigenvalue weighted by Gasteiger charge is 2.42. The molecule has 0 saturated carbocycles. The average Bonchev–Trinajstić information content (AvgIpc) is 2.45. The molecule has 5 heteroatoms. The lowest BCUT2D eigenvalue weighted by Crippen LogP contribution is -2.47. The number of benzene rings is 1. The van der Waals surface area contributed by atoms with Crippen molar-refractivity contribution in [3.05, 3.63) is 29.8 Å². The molecule has 21 heavy (non-hydrogen) atoms. The Hall–Kier alpha value is -0.553. The van der Waals surface area contributed by atoms with Crippen LogP contribution in [0, 0.1) is 0 Å². The van der Waals surface area contributed by atoms with Gasteiger partial charge in [0.2, 0.25) is 0 Å². The van der Waals surface area contributed by atoms with Gasteiger partial charge >= 0.3 is 0 Å². The Labute approximate surface area is 135 Å². The maximum absolute atomic E-state index is 11.2. The number of ether oxygens (including phenoxy) is 1. The summed E-state index contributed by atoms with van der Waals surface area (Å²) in [6.45, 7) is 0.940. The molecule has 0 aliphatic carbocycles. The Morgan fingerprint density at radius 2 is 1.71 bits per heavy atom. The van der Waals surface area contributed by atoms with E-state index in [0.717, 1.165) is 24.4 Å². The van der Waals surface area contributed by atoms with Gasteiger partial charge in [-0.25, -0.2) is 0 Å². The summed E-state index contributed by atoms with van der Waals surface area (Å²) < 4.78 is 5.24. The van der Waals surface area contributed by atoms with Crippen LogP contribution in [0.4, 0.5) is 0 Å². The van der Waals surface area contributed by atoms with Crippen LogP contribution in [-0.4, -0.2) is 45.8 Å². The summed E-state index contributed by atoms with van der Waals surface area (Å²) >= 11 is 0. The molecule has 0 bridgehead atoms. The molecule has 0 aromatic heterocycles. The van der Waals surface area contributed by atoms with E-state index in [1.165, 1.54) is 24.8 Å². The second kappa shape index (κ2) is 8.18. The minimum Gasteiger partial charge on any atom is -0.497 e. The zero-order valence-corrected chi connectivity index (χ0v) is 15.2. The second-order valence-corrected chi connectivity index (χ2v) is 10.2. The fourth-order valence-corrected chi connectivity index (χ4v) is 7.49. The molecule has 0 amide bonds. The first-order valence-electron chi connectivity index (χ1n) is 7.56. The van der Waals surface area contributed by atoms with Gasteiger partial charge in [-0.3, -0.25) is 0 Å². The fourth-order valence-electron chi connectivity index (χ4n) is 3.30. The van der Waals surface area contributed by atoms with Crippen LogP contribution < -0.4 is 4.74 Å². The summed E-state index contributed by atoms with van der Waals surface area (Å²) in [6, 6.07) is 10.4. The topological polar surface area (TPSA) is 32.7 Å². The molecule has 1 aromatic rings. The first kappa shape index (κ1) is 18.5. The van der Waals surface area contributed by atoms with Crippen molar-refractivity contribution in [1.29, 1.82) is 0 Å². The van der Waals surface area contributed by atoms with Crippen LogP contribution in [0.25, 0.3) is 0 Å². The van der Waals surface area contributed by atoms with E-state index in [2.05, 4.69) is 31.1 Å². The van der Waals surface area contributed by atoms with Crippen LogP contribution in [0.3, 0.4) is 0 Å². The third-order valence-electron chi connectivity index (χ3n) is 4.43. The molecule has 1 aliphatic heterocycles. The molecule has 1 saturated heterocycles. The van der Waals surface area contributed by atoms with E-state index in [9.17, 15) is 4.80 Å². The van der Waals surface area contributed by atoms with Crippen LogP contribution >= 0.6 is 12.4 Å². The van der Waals surface area contributed by atoms with Crippen LogP contribution in [0.5, 0.6) is 5.75 Å². The molecule has 1 aliphatic rings. The van der Waals surface area contributed by atoms with Crippen molar-refractivity contribution >= 4 is 20.7 Å². The number of likely N-dealkylation sites (N-methyl/N-ethyl adjacent to an activating group) is 1. The molecule has 0 spiro atoms. The third-order valence-corrected chi connectivity index (χ3v) is 8.69. The molecule has 120 valence electrons. The summed E-state index contributed by atoms with van der Waals surface area (Å²) in [5.41, 5.74) is 1.58. The SMILES string of the molecule is COc1ccc(C(CN(C)C)[Si]2(O)CCCCC2)cc1.Cl. The minimum atomic E-state index is -2.18. The number of hydrogen-bond donors (Lipinski definition) is 1. The summed E-state index contributed by atoms with van der Waals surface area (Å²) in [5.74, 6) is 0.884. The normalized spacial score (nSPS) is 18.9. The van der Waals surface area contributed by atoms with Gasteiger partial charge in [-0.1, -0.05) is 31.4 Å². The van der Waals surface area contributed by atoms with E-state index in [4.69, 9.17) is 4.74 Å². The van der Waals surface area contributed by atoms with E-state index >= 15 is 0 Å². The van der Waals surface area contributed by atoms with Gasteiger partial charge in [0, 0.05) is 12.1 Å². The van der Waals surface area contributed by atoms with Gasteiger partial charge in [0.1, 0.15) is 5.75 Å². The Morgan fingerprint density at radius 3 is 2.19 bits per heavy atom. The van der Waals surface area contributed by atoms with Crippen molar-refractivity contribution in [3.8, 4) is 5.75 Å². The van der Waals surface area contributed by atoms with Crippen molar-refractivity contribution in [2.45, 2.75) is 36.9 Å². The zero-order valence-electron chi connectivity index (χ0n) is 13.3. The molecular formula is C16H28ClNO2Si. The first-order valence-corrected chi connectivity index (χ1v) is 10.00. The Bertz CT molecular complexity index is 419. The highest BCUT2D eigenvalue weighted by atomic mass is 35.5. The first-order chi connectivity index (χ1) is 9.55. The number of halogens is 1. The molecule has 2 rings (SSSR count). The monoisotopic (exact) mass is 329 g/mol. The molecule has 1 heterocycles. The molecule has 1 N–H and O–H groups in total. The number of rotatable bonds is 5. The van der Waals surface area contributed by atoms with Crippen molar-refractivity contribution in [3.63, 3.8) is 0 Å². The maximum Gasteiger partial charge on any atom is 0.197 e. The summed E-state index contributed by atoms with van der Waals surface area (Å²) in [7, 11) is 3.70. The summed E-state index contributed by atoms with van der Waals surface area (Å²) in [4.78, 5) is 13.4. The summed E-state index contributed by atoms with van der Waals surface area (Å²) in [5, 5.41) is 0. The molecule has 1 aromatic carbocycles. The van der Waals surface area contributed by atoms with Gasteiger partial charge in [0.05, 0.1) is 7.11 Å². The van der Waals surface area contributed by atoms with E-state index < -0.39 is 8.32 Å². The lowest BCUT2D eigenvalue weighted by Gasteiger charge is -2.38. The molecule has 1 unspecified atom stereocenters. The van der Waals surface area contributed by atoms with Crippen LogP contribution in [0.2, 0.25) is 12.1 Å². The minimum absolute atomic E-state index is 0. The largest absolute Gasteiger partial charge is 0.497 e. The van der Waals surface area contributed by atoms with E-state index in [1.54, 1.807) is 7.11 Å². The average molecular weight is 330 g/mol. The zero-order chi connectivity index (χ0) is 14.6. The Balaban J connectivity index is 0.00000220. The van der Waals surface area contributed by atoms with Gasteiger partial charge < -0.3 is 14.4 Å². The van der Waals surface area contributed by atoms with E-state index in [0.29, 0.717) is 5.54 Å². The predicted molar refractivity (Wildman–Crippen MR) is 93.0 cm³/mol. The highest BCUT2D eigenvalue weighted by molar-refractivity contribution is 6.74. The van der Waals surface area contributed by atoms with Crippen molar-refractivity contribution in [2.75, 3.05) is 27.7 Å². The van der Waals surface area contributed by atoms with E-state index in [-0.39, 0.29) is 12.4 Å². The summed E-state index contributed by atoms with van der Waals surface area (Å²) in [6.07, 6.45) is 3.68.